The van der Waals surface area contributed by atoms with Crippen LogP contribution in [0.4, 0.5) is 0 Å². The zero-order chi connectivity index (χ0) is 7.82. The Kier molecular flexibility index (Phi) is 6.11. The molecule has 0 aromatic carbocycles. The number of hydrogen-bond acceptors (Lipinski definition) is 4. The van der Waals surface area contributed by atoms with E-state index in [1.54, 1.807) is 0 Å². The molecule has 0 saturated heterocycles. The predicted octanol–water partition coefficient (Wildman–Crippen LogP) is -0.128. The first-order valence-electron chi connectivity index (χ1n) is 3.16. The fraction of sp³-hybridized carbons (Fsp3) is 0.833. The van der Waals surface area contributed by atoms with Crippen molar-refractivity contribution in [2.24, 2.45) is 5.73 Å². The minimum absolute atomic E-state index is 0.208. The van der Waals surface area contributed by atoms with Gasteiger partial charge in [-0.2, -0.15) is 0 Å². The Morgan fingerprint density at radius 3 is 2.80 bits per heavy atom. The molecule has 0 aliphatic carbocycles. The molecule has 60 valence electrons. The van der Waals surface area contributed by atoms with Crippen LogP contribution in [-0.2, 0) is 14.3 Å². The lowest BCUT2D eigenvalue weighted by Gasteiger charge is -1.98. The van der Waals surface area contributed by atoms with Gasteiger partial charge in [0.05, 0.1) is 13.8 Å². The van der Waals surface area contributed by atoms with E-state index in [4.69, 9.17) is 10.5 Å². The molecule has 0 spiro atoms. The number of rotatable bonds is 5. The first kappa shape index (κ1) is 9.39. The van der Waals surface area contributed by atoms with E-state index in [0.29, 0.717) is 19.4 Å². The molecule has 0 aliphatic heterocycles. The van der Waals surface area contributed by atoms with Gasteiger partial charge in [0.1, 0.15) is 0 Å². The molecule has 0 saturated carbocycles. The molecule has 0 amide bonds. The second kappa shape index (κ2) is 6.51. The quantitative estimate of drug-likeness (QED) is 0.334. The lowest BCUT2D eigenvalue weighted by Crippen LogP contribution is -2.07. The first-order chi connectivity index (χ1) is 4.81. The molecule has 2 N–H and O–H groups in total. The van der Waals surface area contributed by atoms with Crippen molar-refractivity contribution < 1.29 is 14.3 Å². The molecule has 4 nitrogen and oxygen atoms in total. The minimum Gasteiger partial charge on any atom is -0.469 e. The van der Waals surface area contributed by atoms with Crippen LogP contribution in [0.25, 0.3) is 0 Å². The molecule has 0 aliphatic rings. The van der Waals surface area contributed by atoms with E-state index in [2.05, 4.69) is 4.74 Å². The number of methoxy groups -OCH3 is 1. The Labute approximate surface area is 60.3 Å². The SMILES string of the molecule is COC(=O)CCCOCN. The fourth-order valence-electron chi connectivity index (χ4n) is 0.504. The smallest absolute Gasteiger partial charge is 0.305 e. The van der Waals surface area contributed by atoms with E-state index in [0.717, 1.165) is 0 Å². The summed E-state index contributed by atoms with van der Waals surface area (Å²) in [7, 11) is 1.37. The number of carbonyl (C=O) groups is 1. The molecule has 4 heteroatoms. The highest BCUT2D eigenvalue weighted by atomic mass is 16.5. The van der Waals surface area contributed by atoms with Gasteiger partial charge in [-0.15, -0.1) is 0 Å². The van der Waals surface area contributed by atoms with Crippen LogP contribution < -0.4 is 5.73 Å². The van der Waals surface area contributed by atoms with Gasteiger partial charge in [-0.1, -0.05) is 0 Å². The van der Waals surface area contributed by atoms with E-state index < -0.39 is 0 Å². The molecule has 10 heavy (non-hydrogen) atoms. The van der Waals surface area contributed by atoms with Crippen LogP contribution in [0, 0.1) is 0 Å². The Balaban J connectivity index is 2.96. The van der Waals surface area contributed by atoms with Gasteiger partial charge >= 0.3 is 5.97 Å². The molecule has 0 fully saturated rings. The molecular weight excluding hydrogens is 134 g/mol. The summed E-state index contributed by atoms with van der Waals surface area (Å²) in [6, 6.07) is 0. The minimum atomic E-state index is -0.208. The molecule has 0 atom stereocenters. The summed E-state index contributed by atoms with van der Waals surface area (Å²) in [6.07, 6.45) is 1.07. The molecule has 0 unspecified atom stereocenters. The van der Waals surface area contributed by atoms with Gasteiger partial charge < -0.3 is 15.2 Å². The van der Waals surface area contributed by atoms with Crippen molar-refractivity contribution in [2.75, 3.05) is 20.4 Å². The van der Waals surface area contributed by atoms with E-state index in [1.807, 2.05) is 0 Å². The van der Waals surface area contributed by atoms with Gasteiger partial charge in [-0.05, 0) is 6.42 Å². The third-order valence-electron chi connectivity index (χ3n) is 1.02. The third-order valence-corrected chi connectivity index (χ3v) is 1.02. The van der Waals surface area contributed by atoms with Crippen LogP contribution in [-0.4, -0.2) is 26.4 Å². The van der Waals surface area contributed by atoms with Crippen LogP contribution in [0.2, 0.25) is 0 Å². The predicted molar refractivity (Wildman–Crippen MR) is 36.3 cm³/mol. The monoisotopic (exact) mass is 147 g/mol. The van der Waals surface area contributed by atoms with Crippen molar-refractivity contribution in [3.63, 3.8) is 0 Å². The molecular formula is C6H13NO3. The number of esters is 1. The lowest BCUT2D eigenvalue weighted by molar-refractivity contribution is -0.141. The topological polar surface area (TPSA) is 61.5 Å². The van der Waals surface area contributed by atoms with Crippen molar-refractivity contribution in [2.45, 2.75) is 12.8 Å². The standard InChI is InChI=1S/C6H13NO3/c1-9-6(8)3-2-4-10-5-7/h2-5,7H2,1H3. The number of carbonyl (C=O) groups excluding carboxylic acids is 1. The summed E-state index contributed by atoms with van der Waals surface area (Å²) in [4.78, 5) is 10.5. The van der Waals surface area contributed by atoms with E-state index >= 15 is 0 Å². The molecule has 0 heterocycles. The Morgan fingerprint density at radius 1 is 1.60 bits per heavy atom. The first-order valence-corrected chi connectivity index (χ1v) is 3.16. The van der Waals surface area contributed by atoms with Crippen molar-refractivity contribution >= 4 is 5.97 Å². The maximum atomic E-state index is 10.5. The lowest BCUT2D eigenvalue weighted by atomic mass is 10.3. The van der Waals surface area contributed by atoms with Gasteiger partial charge in [0.2, 0.25) is 0 Å². The molecule has 0 aromatic heterocycles. The van der Waals surface area contributed by atoms with Gasteiger partial charge in [-0.25, -0.2) is 0 Å². The summed E-state index contributed by atoms with van der Waals surface area (Å²) < 4.78 is 9.20. The van der Waals surface area contributed by atoms with Gasteiger partial charge in [0.25, 0.3) is 0 Å². The van der Waals surface area contributed by atoms with Gasteiger partial charge in [0, 0.05) is 13.0 Å². The van der Waals surface area contributed by atoms with Crippen molar-refractivity contribution in [1.29, 1.82) is 0 Å². The highest BCUT2D eigenvalue weighted by Crippen LogP contribution is 1.90. The Bertz CT molecular complexity index is 95.0. The highest BCUT2D eigenvalue weighted by Gasteiger charge is 1.97. The van der Waals surface area contributed by atoms with E-state index in [1.165, 1.54) is 7.11 Å². The largest absolute Gasteiger partial charge is 0.469 e. The van der Waals surface area contributed by atoms with Gasteiger partial charge in [0.15, 0.2) is 0 Å². The average Bonchev–Trinajstić information content (AvgIpc) is 1.98. The second-order valence-electron chi connectivity index (χ2n) is 1.75. The second-order valence-corrected chi connectivity index (χ2v) is 1.75. The molecule has 0 bridgehead atoms. The van der Waals surface area contributed by atoms with Gasteiger partial charge in [-0.3, -0.25) is 4.79 Å². The van der Waals surface area contributed by atoms with E-state index in [-0.39, 0.29) is 12.7 Å². The van der Waals surface area contributed by atoms with Crippen LogP contribution >= 0.6 is 0 Å². The van der Waals surface area contributed by atoms with E-state index in [9.17, 15) is 4.79 Å². The zero-order valence-corrected chi connectivity index (χ0v) is 6.13. The maximum Gasteiger partial charge on any atom is 0.305 e. The normalized spacial score (nSPS) is 9.40. The van der Waals surface area contributed by atoms with Crippen LogP contribution in [0.3, 0.4) is 0 Å². The fourth-order valence-corrected chi connectivity index (χ4v) is 0.504. The van der Waals surface area contributed by atoms with Crippen molar-refractivity contribution in [1.82, 2.24) is 0 Å². The zero-order valence-electron chi connectivity index (χ0n) is 6.13. The number of ether oxygens (including phenoxy) is 2. The summed E-state index contributed by atoms with van der Waals surface area (Å²) in [5, 5.41) is 0. The van der Waals surface area contributed by atoms with Crippen LogP contribution in [0.5, 0.6) is 0 Å². The van der Waals surface area contributed by atoms with Crippen LogP contribution in [0.15, 0.2) is 0 Å². The van der Waals surface area contributed by atoms with Crippen molar-refractivity contribution in [3.05, 3.63) is 0 Å². The molecule has 0 rings (SSSR count). The average molecular weight is 147 g/mol. The number of hydrogen-bond donors (Lipinski definition) is 1. The third kappa shape index (κ3) is 5.53. The number of nitrogens with two attached hydrogens (primary N) is 1. The van der Waals surface area contributed by atoms with Crippen molar-refractivity contribution in [3.8, 4) is 0 Å². The summed E-state index contributed by atoms with van der Waals surface area (Å²) >= 11 is 0. The molecule has 0 radical (unpaired) electrons. The Hall–Kier alpha value is -0.610. The summed E-state index contributed by atoms with van der Waals surface area (Å²) in [5.41, 5.74) is 5.04. The highest BCUT2D eigenvalue weighted by molar-refractivity contribution is 5.68. The van der Waals surface area contributed by atoms with Crippen LogP contribution in [0.1, 0.15) is 12.8 Å². The molecule has 0 aromatic rings. The summed E-state index contributed by atoms with van der Waals surface area (Å²) in [6.45, 7) is 0.729. The Morgan fingerprint density at radius 2 is 2.30 bits per heavy atom. The summed E-state index contributed by atoms with van der Waals surface area (Å²) in [5.74, 6) is -0.208. The maximum absolute atomic E-state index is 10.5.